The Morgan fingerprint density at radius 1 is 1.37 bits per heavy atom. The minimum atomic E-state index is -0.995. The van der Waals surface area contributed by atoms with Gasteiger partial charge in [0.05, 0.1) is 6.04 Å². The van der Waals surface area contributed by atoms with Gasteiger partial charge in [0.2, 0.25) is 6.29 Å². The summed E-state index contributed by atoms with van der Waals surface area (Å²) in [6.07, 6.45) is 4.52. The first-order valence-corrected chi connectivity index (χ1v) is 7.77. The molecule has 2 atom stereocenters. The maximum atomic E-state index is 12.2. The molecule has 19 heavy (non-hydrogen) atoms. The highest BCUT2D eigenvalue weighted by Crippen LogP contribution is 2.46. The molecular formula is C15H18NO2S. The zero-order valence-electron chi connectivity index (χ0n) is 11.1. The van der Waals surface area contributed by atoms with Gasteiger partial charge in [-0.15, -0.1) is 10.9 Å². The van der Waals surface area contributed by atoms with E-state index in [-0.39, 0.29) is 5.24 Å². The Morgan fingerprint density at radius 3 is 2.79 bits per heavy atom. The average molecular weight is 276 g/mol. The van der Waals surface area contributed by atoms with Crippen molar-refractivity contribution in [3.63, 3.8) is 0 Å². The van der Waals surface area contributed by atoms with E-state index in [9.17, 15) is 9.59 Å². The van der Waals surface area contributed by atoms with Gasteiger partial charge in [0, 0.05) is 4.90 Å². The Balaban J connectivity index is 2.06. The molecule has 1 heterocycles. The summed E-state index contributed by atoms with van der Waals surface area (Å²) >= 11 is 0. The van der Waals surface area contributed by atoms with Crippen LogP contribution in [0.1, 0.15) is 25.8 Å². The van der Waals surface area contributed by atoms with Crippen LogP contribution in [-0.4, -0.2) is 17.6 Å². The smallest absolute Gasteiger partial charge is 0.267 e. The molecule has 4 heteroatoms. The third-order valence-corrected chi connectivity index (χ3v) is 4.91. The summed E-state index contributed by atoms with van der Waals surface area (Å²) in [6, 6.07) is 7.37. The predicted octanol–water partition coefficient (Wildman–Crippen LogP) is 3.27. The number of amides is 1. The Kier molecular flexibility index (Phi) is 4.43. The van der Waals surface area contributed by atoms with E-state index in [1.807, 2.05) is 55.9 Å². The quantitative estimate of drug-likeness (QED) is 0.829. The van der Waals surface area contributed by atoms with Crippen molar-refractivity contribution in [3.05, 3.63) is 35.2 Å². The molecule has 1 radical (unpaired) electrons. The van der Waals surface area contributed by atoms with Gasteiger partial charge in [-0.3, -0.25) is 9.59 Å². The first-order valence-electron chi connectivity index (χ1n) is 6.36. The van der Waals surface area contributed by atoms with E-state index in [4.69, 9.17) is 0 Å². The third kappa shape index (κ3) is 3.26. The summed E-state index contributed by atoms with van der Waals surface area (Å²) in [6.45, 7) is 4.04. The van der Waals surface area contributed by atoms with Crippen LogP contribution < -0.4 is 5.32 Å². The zero-order chi connectivity index (χ0) is 13.8. The van der Waals surface area contributed by atoms with Crippen LogP contribution in [0, 0.1) is 5.92 Å². The van der Waals surface area contributed by atoms with Crippen LogP contribution in [0.25, 0.3) is 6.08 Å². The lowest BCUT2D eigenvalue weighted by Crippen LogP contribution is -2.35. The fraction of sp³-hybridized carbons (Fsp3) is 0.333. The van der Waals surface area contributed by atoms with Crippen molar-refractivity contribution in [2.45, 2.75) is 31.2 Å². The molecule has 0 saturated carbocycles. The lowest BCUT2D eigenvalue weighted by molar-refractivity contribution is 0.258. The van der Waals surface area contributed by atoms with Crippen LogP contribution in [0.15, 0.2) is 34.6 Å². The van der Waals surface area contributed by atoms with Crippen molar-refractivity contribution >= 4 is 28.5 Å². The highest BCUT2D eigenvalue weighted by Gasteiger charge is 2.23. The second-order valence-corrected chi connectivity index (χ2v) is 6.92. The largest absolute Gasteiger partial charge is 0.338 e. The van der Waals surface area contributed by atoms with Crippen molar-refractivity contribution in [1.82, 2.24) is 5.32 Å². The van der Waals surface area contributed by atoms with Crippen molar-refractivity contribution in [2.24, 2.45) is 5.92 Å². The molecule has 0 bridgehead atoms. The minimum Gasteiger partial charge on any atom is -0.338 e. The van der Waals surface area contributed by atoms with E-state index in [1.54, 1.807) is 0 Å². The molecule has 1 N–H and O–H groups in total. The fourth-order valence-corrected chi connectivity index (χ4v) is 3.88. The number of benzene rings is 1. The molecular weight excluding hydrogens is 258 g/mol. The molecule has 2 rings (SSSR count). The molecule has 1 aromatic rings. The SMILES string of the molecule is CC(C)C[C@@H]([C]=O)NC(=O)[SH]1C=Cc2ccccc21. The summed E-state index contributed by atoms with van der Waals surface area (Å²) in [5.74, 6) is 0.353. The summed E-state index contributed by atoms with van der Waals surface area (Å²) < 4.78 is 0. The summed E-state index contributed by atoms with van der Waals surface area (Å²) in [7, 11) is -0.995. The van der Waals surface area contributed by atoms with Gasteiger partial charge in [0.1, 0.15) is 0 Å². The van der Waals surface area contributed by atoms with Crippen molar-refractivity contribution in [1.29, 1.82) is 0 Å². The molecule has 0 aliphatic carbocycles. The summed E-state index contributed by atoms with van der Waals surface area (Å²) in [5, 5.41) is 4.67. The molecule has 3 nitrogen and oxygen atoms in total. The van der Waals surface area contributed by atoms with Gasteiger partial charge in [-0.25, -0.2) is 0 Å². The van der Waals surface area contributed by atoms with Crippen molar-refractivity contribution in [2.75, 3.05) is 0 Å². The van der Waals surface area contributed by atoms with E-state index in [0.29, 0.717) is 12.3 Å². The molecule has 1 amide bonds. The molecule has 0 saturated heterocycles. The highest BCUT2D eigenvalue weighted by molar-refractivity contribution is 8.32. The maximum Gasteiger partial charge on any atom is 0.267 e. The van der Waals surface area contributed by atoms with Gasteiger partial charge in [0.15, 0.2) is 0 Å². The van der Waals surface area contributed by atoms with Crippen LogP contribution in [0.3, 0.4) is 0 Å². The van der Waals surface area contributed by atoms with Gasteiger partial charge in [-0.05, 0) is 35.5 Å². The normalized spacial score (nSPS) is 20.1. The zero-order valence-corrected chi connectivity index (χ0v) is 12.0. The predicted molar refractivity (Wildman–Crippen MR) is 80.2 cm³/mol. The van der Waals surface area contributed by atoms with E-state index in [1.165, 1.54) is 0 Å². The summed E-state index contributed by atoms with van der Waals surface area (Å²) in [4.78, 5) is 24.2. The number of thiol groups is 1. The topological polar surface area (TPSA) is 46.2 Å². The number of carbonyl (C=O) groups is 1. The lowest BCUT2D eigenvalue weighted by Gasteiger charge is -2.19. The average Bonchev–Trinajstić information content (AvgIpc) is 2.81. The Hall–Kier alpha value is -1.55. The monoisotopic (exact) mass is 276 g/mol. The van der Waals surface area contributed by atoms with E-state index in [2.05, 4.69) is 5.32 Å². The second kappa shape index (κ2) is 6.06. The molecule has 101 valence electrons. The number of fused-ring (bicyclic) bond motifs is 1. The molecule has 0 fully saturated rings. The Labute approximate surface area is 116 Å². The minimum absolute atomic E-state index is 0.0646. The van der Waals surface area contributed by atoms with E-state index >= 15 is 0 Å². The number of rotatable bonds is 4. The Morgan fingerprint density at radius 2 is 2.11 bits per heavy atom. The van der Waals surface area contributed by atoms with Gasteiger partial charge in [0.25, 0.3) is 5.24 Å². The molecule has 1 aliphatic heterocycles. The number of carbonyl (C=O) groups excluding carboxylic acids is 2. The Bertz CT molecular complexity index is 511. The number of hydrogen-bond acceptors (Lipinski definition) is 2. The third-order valence-electron chi connectivity index (χ3n) is 2.97. The lowest BCUT2D eigenvalue weighted by atomic mass is 10.1. The molecule has 0 spiro atoms. The first-order chi connectivity index (χ1) is 9.11. The molecule has 0 aromatic heterocycles. The van der Waals surface area contributed by atoms with Gasteiger partial charge in [-0.2, -0.15) is 0 Å². The van der Waals surface area contributed by atoms with Crippen LogP contribution in [-0.2, 0) is 4.79 Å². The van der Waals surface area contributed by atoms with Gasteiger partial charge in [-0.1, -0.05) is 32.0 Å². The number of nitrogens with one attached hydrogen (secondary N) is 1. The summed E-state index contributed by atoms with van der Waals surface area (Å²) in [5.41, 5.74) is 1.10. The number of hydrogen-bond donors (Lipinski definition) is 2. The maximum absolute atomic E-state index is 12.2. The molecule has 1 aliphatic rings. The fourth-order valence-electron chi connectivity index (χ4n) is 2.09. The standard InChI is InChI=1S/C15H18NO2S/c1-11(2)9-13(10-17)16-15(18)19-8-7-12-5-3-4-6-14(12)19/h3-8,11,13,19H,9H2,1-2H3,(H,16,18)/t13-/m0/s1. The van der Waals surface area contributed by atoms with Crippen LogP contribution in [0.4, 0.5) is 4.79 Å². The van der Waals surface area contributed by atoms with E-state index < -0.39 is 16.9 Å². The van der Waals surface area contributed by atoms with Crippen LogP contribution in [0.2, 0.25) is 0 Å². The molecule has 1 unspecified atom stereocenters. The van der Waals surface area contributed by atoms with Gasteiger partial charge >= 0.3 is 0 Å². The van der Waals surface area contributed by atoms with E-state index in [0.717, 1.165) is 10.5 Å². The van der Waals surface area contributed by atoms with Crippen molar-refractivity contribution < 1.29 is 9.59 Å². The van der Waals surface area contributed by atoms with Crippen LogP contribution in [0.5, 0.6) is 0 Å². The first kappa shape index (κ1) is 13.9. The van der Waals surface area contributed by atoms with Crippen molar-refractivity contribution in [3.8, 4) is 0 Å². The highest BCUT2D eigenvalue weighted by atomic mass is 32.2. The molecule has 1 aromatic carbocycles. The van der Waals surface area contributed by atoms with Gasteiger partial charge < -0.3 is 5.32 Å². The van der Waals surface area contributed by atoms with Crippen LogP contribution >= 0.6 is 10.9 Å². The second-order valence-electron chi connectivity index (χ2n) is 4.99.